The molecule has 0 aliphatic carbocycles. The van der Waals surface area contributed by atoms with E-state index in [9.17, 15) is 9.90 Å². The molecule has 14 heavy (non-hydrogen) atoms. The van der Waals surface area contributed by atoms with Crippen LogP contribution in [0.3, 0.4) is 0 Å². The maximum absolute atomic E-state index is 10.8. The van der Waals surface area contributed by atoms with E-state index in [0.717, 1.165) is 16.7 Å². The van der Waals surface area contributed by atoms with E-state index in [1.807, 2.05) is 32.0 Å². The monoisotopic (exact) mass is 192 g/mol. The average Bonchev–Trinajstić information content (AvgIpc) is 2.00. The van der Waals surface area contributed by atoms with Crippen molar-refractivity contribution in [1.29, 1.82) is 0 Å². The molecule has 1 rings (SSSR count). The second-order valence-electron chi connectivity index (χ2n) is 3.84. The number of benzene rings is 1. The van der Waals surface area contributed by atoms with Crippen LogP contribution in [0.4, 0.5) is 0 Å². The third-order valence-corrected chi connectivity index (χ3v) is 2.11. The van der Waals surface area contributed by atoms with Gasteiger partial charge in [-0.25, -0.2) is 0 Å². The molecule has 76 valence electrons. The van der Waals surface area contributed by atoms with Gasteiger partial charge in [0.25, 0.3) is 0 Å². The van der Waals surface area contributed by atoms with Crippen LogP contribution in [0.15, 0.2) is 18.2 Å². The lowest BCUT2D eigenvalue weighted by Crippen LogP contribution is -2.03. The first-order valence-electron chi connectivity index (χ1n) is 4.74. The van der Waals surface area contributed by atoms with E-state index in [4.69, 9.17) is 0 Å². The van der Waals surface area contributed by atoms with Gasteiger partial charge in [-0.15, -0.1) is 0 Å². The summed E-state index contributed by atoms with van der Waals surface area (Å²) in [4.78, 5) is 10.8. The highest BCUT2D eigenvalue weighted by atomic mass is 16.3. The standard InChI is InChI=1S/C12H16O2/c1-8-4-9(2)6-11(5-8)12(14)7-10(3)13/h4-6,12,14H,7H2,1-3H3. The molecule has 0 spiro atoms. The quantitative estimate of drug-likeness (QED) is 0.798. The van der Waals surface area contributed by atoms with Crippen molar-refractivity contribution in [3.8, 4) is 0 Å². The van der Waals surface area contributed by atoms with Gasteiger partial charge in [-0.05, 0) is 26.3 Å². The molecule has 0 saturated heterocycles. The number of aryl methyl sites for hydroxylation is 2. The third kappa shape index (κ3) is 2.96. The summed E-state index contributed by atoms with van der Waals surface area (Å²) in [5, 5.41) is 9.72. The molecule has 0 aromatic heterocycles. The lowest BCUT2D eigenvalue weighted by molar-refractivity contribution is -0.118. The Labute approximate surface area is 84.6 Å². The minimum Gasteiger partial charge on any atom is -0.388 e. The van der Waals surface area contributed by atoms with Gasteiger partial charge in [0, 0.05) is 6.42 Å². The number of hydrogen-bond donors (Lipinski definition) is 1. The molecule has 1 aromatic rings. The van der Waals surface area contributed by atoms with Crippen LogP contribution in [0.25, 0.3) is 0 Å². The van der Waals surface area contributed by atoms with E-state index >= 15 is 0 Å². The van der Waals surface area contributed by atoms with Gasteiger partial charge < -0.3 is 5.11 Å². The zero-order valence-electron chi connectivity index (χ0n) is 8.87. The molecule has 0 amide bonds. The minimum atomic E-state index is -0.661. The Morgan fingerprint density at radius 3 is 2.21 bits per heavy atom. The zero-order chi connectivity index (χ0) is 10.7. The Morgan fingerprint density at radius 2 is 1.79 bits per heavy atom. The van der Waals surface area contributed by atoms with E-state index in [1.165, 1.54) is 6.92 Å². The maximum Gasteiger partial charge on any atom is 0.132 e. The molecular weight excluding hydrogens is 176 g/mol. The number of carbonyl (C=O) groups is 1. The average molecular weight is 192 g/mol. The molecule has 0 fully saturated rings. The number of rotatable bonds is 3. The number of carbonyl (C=O) groups excluding carboxylic acids is 1. The lowest BCUT2D eigenvalue weighted by Gasteiger charge is -2.10. The summed E-state index contributed by atoms with van der Waals surface area (Å²) in [5.41, 5.74) is 3.06. The van der Waals surface area contributed by atoms with Gasteiger partial charge in [-0.2, -0.15) is 0 Å². The van der Waals surface area contributed by atoms with Crippen molar-refractivity contribution in [3.63, 3.8) is 0 Å². The fourth-order valence-corrected chi connectivity index (χ4v) is 1.59. The summed E-state index contributed by atoms with van der Waals surface area (Å²) in [6, 6.07) is 5.88. The van der Waals surface area contributed by atoms with Gasteiger partial charge in [0.1, 0.15) is 5.78 Å². The normalized spacial score (nSPS) is 12.6. The van der Waals surface area contributed by atoms with Gasteiger partial charge in [0.2, 0.25) is 0 Å². The summed E-state index contributed by atoms with van der Waals surface area (Å²) < 4.78 is 0. The van der Waals surface area contributed by atoms with E-state index in [0.29, 0.717) is 0 Å². The molecule has 0 aliphatic rings. The van der Waals surface area contributed by atoms with Crippen LogP contribution >= 0.6 is 0 Å². The largest absolute Gasteiger partial charge is 0.388 e. The molecule has 1 N–H and O–H groups in total. The fraction of sp³-hybridized carbons (Fsp3) is 0.417. The predicted octanol–water partition coefficient (Wildman–Crippen LogP) is 2.32. The summed E-state index contributed by atoms with van der Waals surface area (Å²) in [7, 11) is 0. The summed E-state index contributed by atoms with van der Waals surface area (Å²) in [5.74, 6) is 0.0108. The molecule has 0 heterocycles. The van der Waals surface area contributed by atoms with E-state index in [2.05, 4.69) is 0 Å². The Bertz CT molecular complexity index is 322. The molecule has 2 heteroatoms. The van der Waals surface area contributed by atoms with Crippen molar-refractivity contribution in [2.75, 3.05) is 0 Å². The van der Waals surface area contributed by atoms with Crippen LogP contribution in [-0.4, -0.2) is 10.9 Å². The molecule has 0 radical (unpaired) electrons. The van der Waals surface area contributed by atoms with Crippen molar-refractivity contribution in [2.45, 2.75) is 33.3 Å². The predicted molar refractivity (Wildman–Crippen MR) is 56.2 cm³/mol. The van der Waals surface area contributed by atoms with Crippen LogP contribution in [0.2, 0.25) is 0 Å². The molecule has 1 unspecified atom stereocenters. The van der Waals surface area contributed by atoms with Crippen LogP contribution in [0.5, 0.6) is 0 Å². The van der Waals surface area contributed by atoms with Crippen LogP contribution in [0, 0.1) is 13.8 Å². The topological polar surface area (TPSA) is 37.3 Å². The van der Waals surface area contributed by atoms with Crippen LogP contribution in [0.1, 0.15) is 36.1 Å². The van der Waals surface area contributed by atoms with Gasteiger partial charge in [0.05, 0.1) is 6.10 Å². The van der Waals surface area contributed by atoms with Crippen molar-refractivity contribution in [1.82, 2.24) is 0 Å². The summed E-state index contributed by atoms with van der Waals surface area (Å²) in [6.45, 7) is 5.46. The van der Waals surface area contributed by atoms with E-state index < -0.39 is 6.10 Å². The van der Waals surface area contributed by atoms with Gasteiger partial charge in [-0.1, -0.05) is 29.3 Å². The second-order valence-corrected chi connectivity index (χ2v) is 3.84. The van der Waals surface area contributed by atoms with Gasteiger partial charge in [-0.3, -0.25) is 4.79 Å². The first-order chi connectivity index (χ1) is 6.49. The SMILES string of the molecule is CC(=O)CC(O)c1cc(C)cc(C)c1. The lowest BCUT2D eigenvalue weighted by atomic mass is 10.0. The number of aliphatic hydroxyl groups is 1. The Balaban J connectivity index is 2.89. The number of Topliss-reactive ketones (excluding diaryl/α,β-unsaturated/α-hetero) is 1. The Hall–Kier alpha value is -1.15. The maximum atomic E-state index is 10.8. The van der Waals surface area contributed by atoms with Crippen molar-refractivity contribution >= 4 is 5.78 Å². The third-order valence-electron chi connectivity index (χ3n) is 2.11. The van der Waals surface area contributed by atoms with Crippen LogP contribution in [-0.2, 0) is 4.79 Å². The molecular formula is C12H16O2. The first-order valence-corrected chi connectivity index (χ1v) is 4.74. The molecule has 0 bridgehead atoms. The molecule has 0 aliphatic heterocycles. The highest BCUT2D eigenvalue weighted by molar-refractivity contribution is 5.76. The van der Waals surface area contributed by atoms with Gasteiger partial charge >= 0.3 is 0 Å². The highest BCUT2D eigenvalue weighted by Crippen LogP contribution is 2.19. The summed E-state index contributed by atoms with van der Waals surface area (Å²) in [6.07, 6.45) is -0.464. The van der Waals surface area contributed by atoms with Crippen LogP contribution < -0.4 is 0 Å². The number of ketones is 1. The number of hydrogen-bond acceptors (Lipinski definition) is 2. The summed E-state index contributed by atoms with van der Waals surface area (Å²) >= 11 is 0. The molecule has 2 nitrogen and oxygen atoms in total. The van der Waals surface area contributed by atoms with Gasteiger partial charge in [0.15, 0.2) is 0 Å². The first kappa shape index (κ1) is 10.9. The molecule has 1 atom stereocenters. The van der Waals surface area contributed by atoms with E-state index in [1.54, 1.807) is 0 Å². The minimum absolute atomic E-state index is 0.0108. The van der Waals surface area contributed by atoms with Crippen molar-refractivity contribution in [2.24, 2.45) is 0 Å². The highest BCUT2D eigenvalue weighted by Gasteiger charge is 2.10. The van der Waals surface area contributed by atoms with Crippen molar-refractivity contribution in [3.05, 3.63) is 34.9 Å². The Kier molecular flexibility index (Phi) is 3.42. The molecule has 1 aromatic carbocycles. The van der Waals surface area contributed by atoms with Crippen molar-refractivity contribution < 1.29 is 9.90 Å². The van der Waals surface area contributed by atoms with E-state index in [-0.39, 0.29) is 12.2 Å². The molecule has 0 saturated carbocycles. The fourth-order valence-electron chi connectivity index (χ4n) is 1.59. The Morgan fingerprint density at radius 1 is 1.29 bits per heavy atom. The second kappa shape index (κ2) is 4.38. The smallest absolute Gasteiger partial charge is 0.132 e. The number of aliphatic hydroxyl groups excluding tert-OH is 1. The zero-order valence-corrected chi connectivity index (χ0v) is 8.87.